The summed E-state index contributed by atoms with van der Waals surface area (Å²) in [5, 5.41) is 4.06. The molecule has 2 aliphatic carbocycles. The second-order valence-corrected chi connectivity index (χ2v) is 8.25. The number of nitrogens with one attached hydrogen (secondary N) is 1. The summed E-state index contributed by atoms with van der Waals surface area (Å²) in [4.78, 5) is 0. The molecular formula is C17H31NO. The Balaban J connectivity index is 1.68. The van der Waals surface area contributed by atoms with Crippen molar-refractivity contribution in [3.8, 4) is 0 Å². The highest BCUT2D eigenvalue weighted by atomic mass is 16.5. The van der Waals surface area contributed by atoms with Crippen molar-refractivity contribution in [1.82, 2.24) is 5.32 Å². The fourth-order valence-electron chi connectivity index (χ4n) is 5.33. The molecule has 4 unspecified atom stereocenters. The van der Waals surface area contributed by atoms with Crippen LogP contribution in [0.4, 0.5) is 0 Å². The molecule has 1 heterocycles. The van der Waals surface area contributed by atoms with Crippen LogP contribution in [0.1, 0.15) is 59.8 Å². The number of rotatable bonds is 3. The Morgan fingerprint density at radius 2 is 1.79 bits per heavy atom. The van der Waals surface area contributed by atoms with Gasteiger partial charge in [-0.05, 0) is 61.7 Å². The van der Waals surface area contributed by atoms with Crippen molar-refractivity contribution in [3.63, 3.8) is 0 Å². The first-order valence-electron chi connectivity index (χ1n) is 8.27. The molecule has 2 bridgehead atoms. The first-order valence-corrected chi connectivity index (χ1v) is 8.27. The summed E-state index contributed by atoms with van der Waals surface area (Å²) >= 11 is 0. The standard InChI is InChI=1S/C17H31NO/c1-12(13-6-9-19-10-7-13)18-15-16(2,3)14-5-8-17(15,4)11-14/h12-15,18H,5-11H2,1-4H3. The summed E-state index contributed by atoms with van der Waals surface area (Å²) < 4.78 is 5.50. The Morgan fingerprint density at radius 3 is 2.37 bits per heavy atom. The number of fused-ring (bicyclic) bond motifs is 2. The van der Waals surface area contributed by atoms with Crippen molar-refractivity contribution in [2.24, 2.45) is 22.7 Å². The molecule has 2 nitrogen and oxygen atoms in total. The van der Waals surface area contributed by atoms with Crippen molar-refractivity contribution < 1.29 is 4.74 Å². The van der Waals surface area contributed by atoms with E-state index in [0.717, 1.165) is 25.0 Å². The zero-order valence-electron chi connectivity index (χ0n) is 13.2. The van der Waals surface area contributed by atoms with Crippen LogP contribution < -0.4 is 5.32 Å². The summed E-state index contributed by atoms with van der Waals surface area (Å²) in [6.07, 6.45) is 6.80. The Kier molecular flexibility index (Phi) is 3.46. The Morgan fingerprint density at radius 1 is 1.11 bits per heavy atom. The van der Waals surface area contributed by atoms with E-state index in [4.69, 9.17) is 4.74 Å². The molecule has 0 aromatic carbocycles. The van der Waals surface area contributed by atoms with Gasteiger partial charge >= 0.3 is 0 Å². The lowest BCUT2D eigenvalue weighted by atomic mass is 9.68. The van der Waals surface area contributed by atoms with E-state index in [1.54, 1.807) is 0 Å². The average Bonchev–Trinajstić information content (AvgIpc) is 2.87. The van der Waals surface area contributed by atoms with Crippen LogP contribution in [0.25, 0.3) is 0 Å². The van der Waals surface area contributed by atoms with Gasteiger partial charge in [0.15, 0.2) is 0 Å². The minimum atomic E-state index is 0.479. The Labute approximate surface area is 118 Å². The van der Waals surface area contributed by atoms with E-state index in [1.807, 2.05) is 0 Å². The van der Waals surface area contributed by atoms with Gasteiger partial charge < -0.3 is 10.1 Å². The lowest BCUT2D eigenvalue weighted by Crippen LogP contribution is -2.55. The molecule has 1 saturated heterocycles. The van der Waals surface area contributed by atoms with Gasteiger partial charge in [-0.2, -0.15) is 0 Å². The monoisotopic (exact) mass is 265 g/mol. The van der Waals surface area contributed by atoms with Crippen LogP contribution in [0, 0.1) is 22.7 Å². The highest BCUT2D eigenvalue weighted by molar-refractivity contribution is 5.12. The molecule has 3 fully saturated rings. The summed E-state index contributed by atoms with van der Waals surface area (Å²) in [5.74, 6) is 1.75. The predicted molar refractivity (Wildman–Crippen MR) is 79.2 cm³/mol. The average molecular weight is 265 g/mol. The lowest BCUT2D eigenvalue weighted by Gasteiger charge is -2.46. The summed E-state index contributed by atoms with van der Waals surface area (Å²) in [7, 11) is 0. The smallest absolute Gasteiger partial charge is 0.0469 e. The first-order chi connectivity index (χ1) is 8.93. The van der Waals surface area contributed by atoms with Crippen LogP contribution in [-0.4, -0.2) is 25.3 Å². The summed E-state index contributed by atoms with van der Waals surface area (Å²) in [6, 6.07) is 1.35. The summed E-state index contributed by atoms with van der Waals surface area (Å²) in [5.41, 5.74) is 1.03. The van der Waals surface area contributed by atoms with Gasteiger partial charge in [-0.1, -0.05) is 20.8 Å². The van der Waals surface area contributed by atoms with Gasteiger partial charge in [0.1, 0.15) is 0 Å². The van der Waals surface area contributed by atoms with Gasteiger partial charge in [-0.25, -0.2) is 0 Å². The molecule has 0 amide bonds. The van der Waals surface area contributed by atoms with Crippen LogP contribution in [0.5, 0.6) is 0 Å². The molecule has 0 aromatic heterocycles. The van der Waals surface area contributed by atoms with Crippen molar-refractivity contribution in [3.05, 3.63) is 0 Å². The predicted octanol–water partition coefficient (Wildman–Crippen LogP) is 3.61. The van der Waals surface area contributed by atoms with E-state index in [-0.39, 0.29) is 0 Å². The molecule has 2 saturated carbocycles. The van der Waals surface area contributed by atoms with Crippen LogP contribution in [-0.2, 0) is 4.74 Å². The molecule has 0 spiro atoms. The number of ether oxygens (including phenoxy) is 1. The third-order valence-electron chi connectivity index (χ3n) is 6.67. The quantitative estimate of drug-likeness (QED) is 0.842. The van der Waals surface area contributed by atoms with Crippen LogP contribution >= 0.6 is 0 Å². The van der Waals surface area contributed by atoms with Crippen LogP contribution in [0.2, 0.25) is 0 Å². The van der Waals surface area contributed by atoms with E-state index < -0.39 is 0 Å². The maximum absolute atomic E-state index is 5.50. The highest BCUT2D eigenvalue weighted by Crippen LogP contribution is 2.62. The minimum Gasteiger partial charge on any atom is -0.381 e. The fraction of sp³-hybridized carbons (Fsp3) is 1.00. The molecule has 4 atom stereocenters. The largest absolute Gasteiger partial charge is 0.381 e. The first kappa shape index (κ1) is 13.9. The Hall–Kier alpha value is -0.0800. The molecule has 0 radical (unpaired) electrons. The van der Waals surface area contributed by atoms with Crippen molar-refractivity contribution in [2.45, 2.75) is 71.9 Å². The Bertz CT molecular complexity index is 329. The van der Waals surface area contributed by atoms with Gasteiger partial charge in [0, 0.05) is 25.3 Å². The molecule has 110 valence electrons. The molecular weight excluding hydrogens is 234 g/mol. The molecule has 0 aromatic rings. The lowest BCUT2D eigenvalue weighted by molar-refractivity contribution is 0.0397. The zero-order valence-corrected chi connectivity index (χ0v) is 13.2. The maximum Gasteiger partial charge on any atom is 0.0469 e. The molecule has 3 aliphatic rings. The minimum absolute atomic E-state index is 0.479. The van der Waals surface area contributed by atoms with Crippen LogP contribution in [0.15, 0.2) is 0 Å². The van der Waals surface area contributed by atoms with E-state index in [1.165, 1.54) is 32.1 Å². The topological polar surface area (TPSA) is 21.3 Å². The molecule has 1 N–H and O–H groups in total. The van der Waals surface area contributed by atoms with Crippen LogP contribution in [0.3, 0.4) is 0 Å². The van der Waals surface area contributed by atoms with E-state index in [9.17, 15) is 0 Å². The van der Waals surface area contributed by atoms with Crippen molar-refractivity contribution in [2.75, 3.05) is 13.2 Å². The number of hydrogen-bond acceptors (Lipinski definition) is 2. The molecule has 3 rings (SSSR count). The molecule has 19 heavy (non-hydrogen) atoms. The third-order valence-corrected chi connectivity index (χ3v) is 6.67. The van der Waals surface area contributed by atoms with Gasteiger partial charge in [0.2, 0.25) is 0 Å². The van der Waals surface area contributed by atoms with E-state index >= 15 is 0 Å². The maximum atomic E-state index is 5.50. The molecule has 1 aliphatic heterocycles. The second kappa shape index (κ2) is 4.73. The zero-order chi connectivity index (χ0) is 13.7. The SMILES string of the molecule is CC(NC1C2(C)CCC(C2)C1(C)C)C1CCOCC1. The normalized spacial score (nSPS) is 43.6. The van der Waals surface area contributed by atoms with E-state index in [0.29, 0.717) is 22.9 Å². The highest BCUT2D eigenvalue weighted by Gasteiger charge is 2.59. The van der Waals surface area contributed by atoms with E-state index in [2.05, 4.69) is 33.0 Å². The number of hydrogen-bond donors (Lipinski definition) is 1. The third kappa shape index (κ3) is 2.25. The van der Waals surface area contributed by atoms with Gasteiger partial charge in [0.25, 0.3) is 0 Å². The summed E-state index contributed by atoms with van der Waals surface area (Å²) in [6.45, 7) is 11.8. The molecule has 2 heteroatoms. The van der Waals surface area contributed by atoms with Gasteiger partial charge in [0.05, 0.1) is 0 Å². The second-order valence-electron chi connectivity index (χ2n) is 8.25. The van der Waals surface area contributed by atoms with Gasteiger partial charge in [-0.3, -0.25) is 0 Å². The van der Waals surface area contributed by atoms with Crippen molar-refractivity contribution >= 4 is 0 Å². The van der Waals surface area contributed by atoms with Crippen molar-refractivity contribution in [1.29, 1.82) is 0 Å². The van der Waals surface area contributed by atoms with Gasteiger partial charge in [-0.15, -0.1) is 0 Å². The fourth-order valence-corrected chi connectivity index (χ4v) is 5.33.